The topological polar surface area (TPSA) is 82.0 Å². The van der Waals surface area contributed by atoms with Crippen LogP contribution in [0.3, 0.4) is 0 Å². The Hall–Kier alpha value is -2.55. The van der Waals surface area contributed by atoms with E-state index in [4.69, 9.17) is 28.5 Å². The molecule has 122 valence electrons. The van der Waals surface area contributed by atoms with Gasteiger partial charge in [0.2, 0.25) is 5.91 Å². The lowest BCUT2D eigenvalue weighted by atomic mass is 10.1. The molecule has 0 aliphatic heterocycles. The first-order valence-corrected chi connectivity index (χ1v) is 7.74. The van der Waals surface area contributed by atoms with Crippen LogP contribution < -0.4 is 10.6 Å². The van der Waals surface area contributed by atoms with Gasteiger partial charge >= 0.3 is 0 Å². The molecular formula is C17H13Cl2N3O2. The van der Waals surface area contributed by atoms with Gasteiger partial charge in [0.05, 0.1) is 16.1 Å². The maximum absolute atomic E-state index is 12.1. The molecule has 24 heavy (non-hydrogen) atoms. The molecule has 0 aliphatic carbocycles. The van der Waals surface area contributed by atoms with E-state index in [1.165, 1.54) is 6.07 Å². The Morgan fingerprint density at radius 2 is 1.75 bits per heavy atom. The molecule has 2 aromatic rings. The van der Waals surface area contributed by atoms with Crippen LogP contribution in [0.5, 0.6) is 0 Å². The monoisotopic (exact) mass is 361 g/mol. The first kappa shape index (κ1) is 17.8. The first-order valence-electron chi connectivity index (χ1n) is 6.98. The zero-order valence-electron chi connectivity index (χ0n) is 12.5. The highest BCUT2D eigenvalue weighted by atomic mass is 35.5. The lowest BCUT2D eigenvalue weighted by Gasteiger charge is -2.08. The summed E-state index contributed by atoms with van der Waals surface area (Å²) in [5.74, 6) is -0.627. The molecule has 2 aromatic carbocycles. The van der Waals surface area contributed by atoms with Crippen molar-refractivity contribution in [2.45, 2.75) is 13.0 Å². The second kappa shape index (κ2) is 8.34. The lowest BCUT2D eigenvalue weighted by Crippen LogP contribution is -2.21. The van der Waals surface area contributed by atoms with Crippen LogP contribution in [0.15, 0.2) is 42.5 Å². The number of benzene rings is 2. The molecule has 0 fully saturated rings. The average Bonchev–Trinajstić information content (AvgIpc) is 2.57. The van der Waals surface area contributed by atoms with Gasteiger partial charge in [0.1, 0.15) is 6.42 Å². The van der Waals surface area contributed by atoms with Gasteiger partial charge in [-0.1, -0.05) is 35.3 Å². The van der Waals surface area contributed by atoms with E-state index >= 15 is 0 Å². The van der Waals surface area contributed by atoms with Crippen molar-refractivity contribution in [2.75, 3.05) is 5.32 Å². The van der Waals surface area contributed by atoms with Crippen molar-refractivity contribution in [1.82, 2.24) is 5.32 Å². The van der Waals surface area contributed by atoms with Crippen molar-refractivity contribution in [1.29, 1.82) is 5.26 Å². The van der Waals surface area contributed by atoms with Gasteiger partial charge in [-0.05, 0) is 35.9 Å². The van der Waals surface area contributed by atoms with Gasteiger partial charge in [0.25, 0.3) is 5.91 Å². The lowest BCUT2D eigenvalue weighted by molar-refractivity contribution is -0.120. The number of carbonyl (C=O) groups is 2. The van der Waals surface area contributed by atoms with Gasteiger partial charge in [-0.3, -0.25) is 9.59 Å². The summed E-state index contributed by atoms with van der Waals surface area (Å²) in [6, 6.07) is 13.4. The smallest absolute Gasteiger partial charge is 0.255 e. The number of halogens is 2. The Balaban J connectivity index is 1.96. The standard InChI is InChI=1S/C17H13Cl2N3O2/c18-14-6-3-12(9-15(14)19)17(24)22-13-4-1-11(2-5-13)10-21-16(23)7-8-20/h1-6,9H,7,10H2,(H,21,23)(H,22,24). The summed E-state index contributed by atoms with van der Waals surface area (Å²) < 4.78 is 0. The normalized spacial score (nSPS) is 9.88. The first-order chi connectivity index (χ1) is 11.5. The molecule has 0 aromatic heterocycles. The molecule has 0 unspecified atom stereocenters. The highest BCUT2D eigenvalue weighted by Gasteiger charge is 2.08. The minimum Gasteiger partial charge on any atom is -0.351 e. The van der Waals surface area contributed by atoms with Gasteiger partial charge in [-0.25, -0.2) is 0 Å². The van der Waals surface area contributed by atoms with E-state index in [0.717, 1.165) is 5.56 Å². The van der Waals surface area contributed by atoms with Crippen molar-refractivity contribution in [3.05, 3.63) is 63.6 Å². The maximum atomic E-state index is 12.1. The van der Waals surface area contributed by atoms with E-state index in [0.29, 0.717) is 27.8 Å². The zero-order chi connectivity index (χ0) is 17.5. The predicted octanol–water partition coefficient (Wildman–Crippen LogP) is 3.78. The van der Waals surface area contributed by atoms with Gasteiger partial charge in [0, 0.05) is 17.8 Å². The minimum absolute atomic E-state index is 0.169. The number of nitrogens with one attached hydrogen (secondary N) is 2. The van der Waals surface area contributed by atoms with Crippen molar-refractivity contribution in [3.63, 3.8) is 0 Å². The second-order valence-corrected chi connectivity index (χ2v) is 5.71. The van der Waals surface area contributed by atoms with Crippen LogP contribution in [0, 0.1) is 11.3 Å². The Kier molecular flexibility index (Phi) is 6.19. The molecule has 0 bridgehead atoms. The summed E-state index contributed by atoms with van der Waals surface area (Å²) >= 11 is 11.7. The Labute approximate surface area is 149 Å². The molecule has 7 heteroatoms. The van der Waals surface area contributed by atoms with Crippen LogP contribution in [-0.2, 0) is 11.3 Å². The molecule has 5 nitrogen and oxygen atoms in total. The van der Waals surface area contributed by atoms with Crippen LogP contribution in [0.1, 0.15) is 22.3 Å². The molecule has 2 amide bonds. The average molecular weight is 362 g/mol. The highest BCUT2D eigenvalue weighted by molar-refractivity contribution is 6.42. The summed E-state index contributed by atoms with van der Waals surface area (Å²) in [7, 11) is 0. The van der Waals surface area contributed by atoms with Crippen LogP contribution in [0.2, 0.25) is 10.0 Å². The number of hydrogen-bond donors (Lipinski definition) is 2. The fourth-order valence-corrected chi connectivity index (χ4v) is 2.18. The van der Waals surface area contributed by atoms with Gasteiger partial charge < -0.3 is 10.6 Å². The molecule has 0 atom stereocenters. The number of carbonyl (C=O) groups excluding carboxylic acids is 2. The maximum Gasteiger partial charge on any atom is 0.255 e. The van der Waals surface area contributed by atoms with Crippen LogP contribution in [0.25, 0.3) is 0 Å². The molecule has 0 heterocycles. The second-order valence-electron chi connectivity index (χ2n) is 4.89. The third kappa shape index (κ3) is 4.98. The Morgan fingerprint density at radius 3 is 2.38 bits per heavy atom. The SMILES string of the molecule is N#CCC(=O)NCc1ccc(NC(=O)c2ccc(Cl)c(Cl)c2)cc1. The zero-order valence-corrected chi connectivity index (χ0v) is 14.0. The van der Waals surface area contributed by atoms with E-state index in [9.17, 15) is 9.59 Å². The van der Waals surface area contributed by atoms with E-state index in [-0.39, 0.29) is 18.2 Å². The number of hydrogen-bond acceptors (Lipinski definition) is 3. The fourth-order valence-electron chi connectivity index (χ4n) is 1.88. The summed E-state index contributed by atoms with van der Waals surface area (Å²) in [4.78, 5) is 23.4. The van der Waals surface area contributed by atoms with E-state index < -0.39 is 0 Å². The molecule has 0 aliphatic rings. The van der Waals surface area contributed by atoms with Crippen molar-refractivity contribution in [3.8, 4) is 6.07 Å². The van der Waals surface area contributed by atoms with Crippen LogP contribution >= 0.6 is 23.2 Å². The number of amides is 2. The molecule has 0 saturated heterocycles. The molecule has 0 spiro atoms. The van der Waals surface area contributed by atoms with Gasteiger partial charge in [-0.2, -0.15) is 5.26 Å². The number of rotatable bonds is 5. The molecule has 0 saturated carbocycles. The number of nitrogens with zero attached hydrogens (tertiary/aromatic N) is 1. The summed E-state index contributed by atoms with van der Waals surface area (Å²) in [5, 5.41) is 14.5. The summed E-state index contributed by atoms with van der Waals surface area (Å²) in [5.41, 5.74) is 1.87. The van der Waals surface area contributed by atoms with Crippen molar-refractivity contribution < 1.29 is 9.59 Å². The van der Waals surface area contributed by atoms with Crippen LogP contribution in [0.4, 0.5) is 5.69 Å². The largest absolute Gasteiger partial charge is 0.351 e. The minimum atomic E-state index is -0.325. The molecule has 2 N–H and O–H groups in total. The third-order valence-electron chi connectivity index (χ3n) is 3.12. The predicted molar refractivity (Wildman–Crippen MR) is 92.9 cm³/mol. The van der Waals surface area contributed by atoms with Gasteiger partial charge in [0.15, 0.2) is 0 Å². The fraction of sp³-hybridized carbons (Fsp3) is 0.118. The molecule has 2 rings (SSSR count). The van der Waals surface area contributed by atoms with E-state index in [1.807, 2.05) is 0 Å². The Morgan fingerprint density at radius 1 is 1.04 bits per heavy atom. The van der Waals surface area contributed by atoms with Crippen LogP contribution in [-0.4, -0.2) is 11.8 Å². The molecular weight excluding hydrogens is 349 g/mol. The van der Waals surface area contributed by atoms with Crippen molar-refractivity contribution in [2.24, 2.45) is 0 Å². The highest BCUT2D eigenvalue weighted by Crippen LogP contribution is 2.23. The van der Waals surface area contributed by atoms with Crippen molar-refractivity contribution >= 4 is 40.7 Å². The molecule has 0 radical (unpaired) electrons. The third-order valence-corrected chi connectivity index (χ3v) is 3.86. The van der Waals surface area contributed by atoms with E-state index in [1.54, 1.807) is 42.5 Å². The van der Waals surface area contributed by atoms with E-state index in [2.05, 4.69) is 10.6 Å². The summed E-state index contributed by atoms with van der Waals surface area (Å²) in [6.07, 6.45) is -0.169. The quantitative estimate of drug-likeness (QED) is 0.849. The summed E-state index contributed by atoms with van der Waals surface area (Å²) in [6.45, 7) is 0.321. The number of anilines is 1. The number of nitriles is 1. The Bertz CT molecular complexity index is 798. The van der Waals surface area contributed by atoms with Gasteiger partial charge in [-0.15, -0.1) is 0 Å².